The van der Waals surface area contributed by atoms with Gasteiger partial charge in [0.15, 0.2) is 0 Å². The molecular weight excluding hydrogens is 550 g/mol. The highest BCUT2D eigenvalue weighted by Gasteiger charge is 2.71. The Morgan fingerprint density at radius 3 is 1.71 bits per heavy atom. The maximum Gasteiger partial charge on any atom is 0.430 e. The van der Waals surface area contributed by atoms with Crippen molar-refractivity contribution in [2.75, 3.05) is 14.2 Å². The SMILES string of the molecule is C1CC2C3CCC(C3)C2C1.COC(=O)C1CC2CC1C(C)C2C.COc1ccc(C(O)(C(F)(F)F)C(F)(F)F)cc1. The molecule has 9 unspecified atom stereocenters. The number of ether oxygens (including phenoxy) is 2. The van der Waals surface area contributed by atoms with Crippen LogP contribution in [0.2, 0.25) is 0 Å². The van der Waals surface area contributed by atoms with Crippen LogP contribution in [-0.4, -0.2) is 37.6 Å². The minimum absolute atomic E-state index is 0.0197. The molecule has 0 radical (unpaired) electrons. The van der Waals surface area contributed by atoms with E-state index in [0.29, 0.717) is 24.0 Å². The number of carbonyl (C=O) groups excluding carboxylic acids is 1. The van der Waals surface area contributed by atoms with E-state index in [1.807, 2.05) is 0 Å². The molecule has 4 bridgehead atoms. The molecule has 6 rings (SSSR count). The summed E-state index contributed by atoms with van der Waals surface area (Å²) >= 11 is 0. The van der Waals surface area contributed by atoms with Crippen molar-refractivity contribution in [1.29, 1.82) is 0 Å². The third-order valence-corrected chi connectivity index (χ3v) is 11.1. The summed E-state index contributed by atoms with van der Waals surface area (Å²) in [4.78, 5) is 11.4. The summed E-state index contributed by atoms with van der Waals surface area (Å²) < 4.78 is 84.2. The number of halogens is 6. The Kier molecular flexibility index (Phi) is 9.32. The van der Waals surface area contributed by atoms with Gasteiger partial charge in [-0.3, -0.25) is 4.79 Å². The molecule has 41 heavy (non-hydrogen) atoms. The molecule has 1 N–H and O–H groups in total. The van der Waals surface area contributed by atoms with Crippen LogP contribution in [0.1, 0.15) is 70.8 Å². The molecule has 0 spiro atoms. The highest BCUT2D eigenvalue weighted by Crippen LogP contribution is 2.58. The van der Waals surface area contributed by atoms with Crippen LogP contribution in [0.15, 0.2) is 24.3 Å². The largest absolute Gasteiger partial charge is 0.497 e. The molecule has 5 aliphatic rings. The van der Waals surface area contributed by atoms with Crippen molar-refractivity contribution < 1.29 is 45.7 Å². The van der Waals surface area contributed by atoms with Crippen LogP contribution in [0.4, 0.5) is 26.3 Å². The molecule has 9 atom stereocenters. The lowest BCUT2D eigenvalue weighted by Gasteiger charge is -2.32. The van der Waals surface area contributed by atoms with Crippen LogP contribution in [-0.2, 0) is 15.1 Å². The lowest BCUT2D eigenvalue weighted by molar-refractivity contribution is -0.376. The van der Waals surface area contributed by atoms with Crippen molar-refractivity contribution in [1.82, 2.24) is 0 Å². The van der Waals surface area contributed by atoms with Crippen LogP contribution in [0.25, 0.3) is 0 Å². The molecule has 0 saturated heterocycles. The Morgan fingerprint density at radius 1 is 0.756 bits per heavy atom. The smallest absolute Gasteiger partial charge is 0.430 e. The number of benzene rings is 1. The van der Waals surface area contributed by atoms with Gasteiger partial charge in [-0.25, -0.2) is 0 Å². The van der Waals surface area contributed by atoms with E-state index in [4.69, 9.17) is 9.84 Å². The maximum absolute atomic E-state index is 12.5. The summed E-state index contributed by atoms with van der Waals surface area (Å²) in [5.74, 6) is 8.01. The Bertz CT molecular complexity index is 1010. The zero-order valence-corrected chi connectivity index (χ0v) is 24.1. The second kappa shape index (κ2) is 12.0. The lowest BCUT2D eigenvalue weighted by Crippen LogP contribution is -2.53. The topological polar surface area (TPSA) is 55.8 Å². The zero-order valence-electron chi connectivity index (χ0n) is 24.1. The van der Waals surface area contributed by atoms with E-state index in [0.717, 1.165) is 30.4 Å². The summed E-state index contributed by atoms with van der Waals surface area (Å²) in [6.07, 6.45) is 0.109. The van der Waals surface area contributed by atoms with Gasteiger partial charge in [0.1, 0.15) is 5.75 Å². The van der Waals surface area contributed by atoms with Crippen molar-refractivity contribution in [2.24, 2.45) is 53.3 Å². The van der Waals surface area contributed by atoms with Gasteiger partial charge in [0.2, 0.25) is 0 Å². The summed E-state index contributed by atoms with van der Waals surface area (Å²) in [5.41, 5.74) is -6.21. The van der Waals surface area contributed by atoms with Crippen molar-refractivity contribution >= 4 is 5.97 Å². The number of alkyl halides is 6. The Hall–Kier alpha value is -1.97. The normalized spacial score (nSPS) is 35.2. The predicted octanol–water partition coefficient (Wildman–Crippen LogP) is 7.93. The van der Waals surface area contributed by atoms with Gasteiger partial charge < -0.3 is 14.6 Å². The van der Waals surface area contributed by atoms with Crippen molar-refractivity contribution in [3.63, 3.8) is 0 Å². The molecule has 232 valence electrons. The monoisotopic (exact) mass is 592 g/mol. The van der Waals surface area contributed by atoms with Crippen LogP contribution in [0.5, 0.6) is 5.75 Å². The first kappa shape index (κ1) is 32.0. The molecule has 0 heterocycles. The third kappa shape index (κ3) is 5.96. The molecule has 5 aliphatic carbocycles. The van der Waals surface area contributed by atoms with E-state index < -0.39 is 23.5 Å². The van der Waals surface area contributed by atoms with Gasteiger partial charge in [0.25, 0.3) is 5.60 Å². The molecule has 0 aromatic heterocycles. The number of carbonyl (C=O) groups is 1. The third-order valence-electron chi connectivity index (χ3n) is 11.1. The predicted molar refractivity (Wildman–Crippen MR) is 141 cm³/mol. The van der Waals surface area contributed by atoms with E-state index in [2.05, 4.69) is 18.6 Å². The molecule has 0 amide bonds. The summed E-state index contributed by atoms with van der Waals surface area (Å²) in [7, 11) is 2.71. The molecule has 4 nitrogen and oxygen atoms in total. The van der Waals surface area contributed by atoms with E-state index >= 15 is 0 Å². The van der Waals surface area contributed by atoms with Gasteiger partial charge in [-0.15, -0.1) is 0 Å². The summed E-state index contributed by atoms with van der Waals surface area (Å²) in [6, 6.07) is 2.83. The fourth-order valence-corrected chi connectivity index (χ4v) is 8.70. The molecular formula is C31H42F6O4. The van der Waals surface area contributed by atoms with Gasteiger partial charge in [-0.2, -0.15) is 26.3 Å². The second-order valence-electron chi connectivity index (χ2n) is 12.8. The van der Waals surface area contributed by atoms with Crippen LogP contribution >= 0.6 is 0 Å². The first-order valence-corrected chi connectivity index (χ1v) is 14.7. The zero-order chi connectivity index (χ0) is 30.3. The average Bonchev–Trinajstić information content (AvgIpc) is 3.75. The van der Waals surface area contributed by atoms with Crippen molar-refractivity contribution in [2.45, 2.75) is 83.2 Å². The number of aliphatic hydroxyl groups is 1. The second-order valence-corrected chi connectivity index (χ2v) is 12.8. The number of hydrogen-bond donors (Lipinski definition) is 1. The van der Waals surface area contributed by atoms with Gasteiger partial charge in [0, 0.05) is 5.56 Å². The molecule has 0 aliphatic heterocycles. The van der Waals surface area contributed by atoms with E-state index in [1.165, 1.54) is 44.3 Å². The van der Waals surface area contributed by atoms with Gasteiger partial charge in [0.05, 0.1) is 20.1 Å². The standard InChI is InChI=1S/C11H18O2.C10H8F6O2.C10H16/c1-6-7(2)9-4-8(6)5-10(9)11(12)13-3;1-18-7-4-2-6(3-5-7)8(17,9(11,12)13)10(14,15)16;1-2-9-7-4-5-8(6-7)10(9)3-1/h6-10H,4-5H2,1-3H3;2-5,17H,1H3;7-10H,1-6H2. The van der Waals surface area contributed by atoms with Gasteiger partial charge in [-0.1, -0.05) is 32.4 Å². The van der Waals surface area contributed by atoms with E-state index in [1.54, 1.807) is 38.5 Å². The number of fused-ring (bicyclic) bond motifs is 7. The molecule has 1 aromatic carbocycles. The molecule has 5 saturated carbocycles. The maximum atomic E-state index is 12.5. The number of methoxy groups -OCH3 is 2. The minimum atomic E-state index is -5.88. The Morgan fingerprint density at radius 2 is 1.29 bits per heavy atom. The van der Waals surface area contributed by atoms with Crippen LogP contribution in [0.3, 0.4) is 0 Å². The summed E-state index contributed by atoms with van der Waals surface area (Å²) in [5, 5.41) is 9.03. The highest BCUT2D eigenvalue weighted by molar-refractivity contribution is 5.73. The van der Waals surface area contributed by atoms with Crippen LogP contribution < -0.4 is 4.74 Å². The van der Waals surface area contributed by atoms with E-state index in [-0.39, 0.29) is 17.6 Å². The molecule has 10 heteroatoms. The number of rotatable bonds is 3. The van der Waals surface area contributed by atoms with Crippen molar-refractivity contribution in [3.05, 3.63) is 29.8 Å². The fourth-order valence-electron chi connectivity index (χ4n) is 8.70. The Balaban J connectivity index is 0.000000147. The lowest BCUT2D eigenvalue weighted by atomic mass is 9.76. The average molecular weight is 593 g/mol. The highest BCUT2D eigenvalue weighted by atomic mass is 19.4. The van der Waals surface area contributed by atoms with Crippen molar-refractivity contribution in [3.8, 4) is 5.75 Å². The Labute approximate surface area is 238 Å². The molecule has 5 fully saturated rings. The first-order chi connectivity index (χ1) is 19.1. The van der Waals surface area contributed by atoms with Crippen LogP contribution in [0, 0.1) is 53.3 Å². The summed E-state index contributed by atoms with van der Waals surface area (Å²) in [6.45, 7) is 4.60. The van der Waals surface area contributed by atoms with E-state index in [9.17, 15) is 31.1 Å². The van der Waals surface area contributed by atoms with Gasteiger partial charge >= 0.3 is 18.3 Å². The van der Waals surface area contributed by atoms with Gasteiger partial charge in [-0.05, 0) is 104 Å². The fraction of sp³-hybridized carbons (Fsp3) is 0.774. The number of esters is 1. The first-order valence-electron chi connectivity index (χ1n) is 14.7. The number of hydrogen-bond acceptors (Lipinski definition) is 4. The minimum Gasteiger partial charge on any atom is -0.497 e. The molecule has 1 aromatic rings. The quantitative estimate of drug-likeness (QED) is 0.286.